The van der Waals surface area contributed by atoms with E-state index >= 15 is 0 Å². The van der Waals surface area contributed by atoms with Crippen LogP contribution in [-0.2, 0) is 4.74 Å². The van der Waals surface area contributed by atoms with Crippen LogP contribution in [0.2, 0.25) is 0 Å². The lowest BCUT2D eigenvalue weighted by atomic mass is 10.2. The molecule has 16 heavy (non-hydrogen) atoms. The molecule has 1 rings (SSSR count). The molecule has 96 valence electrons. The Hall–Kier alpha value is -0.120. The molecule has 1 aliphatic rings. The van der Waals surface area contributed by atoms with E-state index in [9.17, 15) is 0 Å². The van der Waals surface area contributed by atoms with Gasteiger partial charge in [-0.15, -0.1) is 0 Å². The van der Waals surface area contributed by atoms with Crippen molar-refractivity contribution in [1.82, 2.24) is 10.2 Å². The molecule has 1 N–H and O–H groups in total. The summed E-state index contributed by atoms with van der Waals surface area (Å²) in [5.41, 5.74) is 0. The molecular formula is C13H28N2O. The molecule has 1 fully saturated rings. The lowest BCUT2D eigenvalue weighted by Gasteiger charge is -2.28. The van der Waals surface area contributed by atoms with Crippen LogP contribution in [0.3, 0.4) is 0 Å². The Kier molecular flexibility index (Phi) is 5.73. The van der Waals surface area contributed by atoms with Gasteiger partial charge in [-0.05, 0) is 40.5 Å². The molecule has 3 nitrogen and oxygen atoms in total. The highest BCUT2D eigenvalue weighted by Crippen LogP contribution is 2.27. The van der Waals surface area contributed by atoms with Gasteiger partial charge in [0.2, 0.25) is 0 Å². The summed E-state index contributed by atoms with van der Waals surface area (Å²) >= 11 is 0. The van der Waals surface area contributed by atoms with E-state index in [-0.39, 0.29) is 6.10 Å². The van der Waals surface area contributed by atoms with Crippen molar-refractivity contribution in [2.75, 3.05) is 20.2 Å². The van der Waals surface area contributed by atoms with Gasteiger partial charge in [-0.2, -0.15) is 0 Å². The molecule has 0 aromatic rings. The Labute approximate surface area is 101 Å². The van der Waals surface area contributed by atoms with Crippen LogP contribution in [0.25, 0.3) is 0 Å². The van der Waals surface area contributed by atoms with Crippen molar-refractivity contribution in [2.24, 2.45) is 0 Å². The summed E-state index contributed by atoms with van der Waals surface area (Å²) in [4.78, 5) is 2.61. The predicted molar refractivity (Wildman–Crippen MR) is 68.8 cm³/mol. The Morgan fingerprint density at radius 3 is 2.31 bits per heavy atom. The first-order chi connectivity index (χ1) is 7.56. The summed E-state index contributed by atoms with van der Waals surface area (Å²) in [7, 11) is 1.77. The van der Waals surface area contributed by atoms with Crippen molar-refractivity contribution in [3.63, 3.8) is 0 Å². The lowest BCUT2D eigenvalue weighted by molar-refractivity contribution is 0.0867. The van der Waals surface area contributed by atoms with Crippen LogP contribution in [0.15, 0.2) is 0 Å². The Morgan fingerprint density at radius 2 is 1.88 bits per heavy atom. The van der Waals surface area contributed by atoms with Crippen molar-refractivity contribution < 1.29 is 4.74 Å². The van der Waals surface area contributed by atoms with Crippen molar-refractivity contribution in [1.29, 1.82) is 0 Å². The SMILES string of the molecule is COC(C)C(C)NCCN(C(C)C)C1CC1. The van der Waals surface area contributed by atoms with E-state index in [0.29, 0.717) is 12.1 Å². The monoisotopic (exact) mass is 228 g/mol. The fourth-order valence-corrected chi connectivity index (χ4v) is 2.06. The largest absolute Gasteiger partial charge is 0.380 e. The number of ether oxygens (including phenoxy) is 1. The van der Waals surface area contributed by atoms with Gasteiger partial charge in [0.25, 0.3) is 0 Å². The van der Waals surface area contributed by atoms with Crippen molar-refractivity contribution >= 4 is 0 Å². The highest BCUT2D eigenvalue weighted by atomic mass is 16.5. The fourth-order valence-electron chi connectivity index (χ4n) is 2.06. The van der Waals surface area contributed by atoms with Crippen LogP contribution < -0.4 is 5.32 Å². The molecule has 3 heteroatoms. The van der Waals surface area contributed by atoms with E-state index in [0.717, 1.165) is 19.1 Å². The molecule has 2 unspecified atom stereocenters. The van der Waals surface area contributed by atoms with Crippen molar-refractivity contribution in [2.45, 2.75) is 64.8 Å². The van der Waals surface area contributed by atoms with Gasteiger partial charge in [-0.3, -0.25) is 4.90 Å². The van der Waals surface area contributed by atoms with Gasteiger partial charge in [-0.25, -0.2) is 0 Å². The Balaban J connectivity index is 2.17. The summed E-state index contributed by atoms with van der Waals surface area (Å²) in [5.74, 6) is 0. The maximum Gasteiger partial charge on any atom is 0.0693 e. The zero-order chi connectivity index (χ0) is 12.1. The predicted octanol–water partition coefficient (Wildman–Crippen LogP) is 1.87. The fraction of sp³-hybridized carbons (Fsp3) is 1.00. The number of hydrogen-bond acceptors (Lipinski definition) is 3. The van der Waals surface area contributed by atoms with Gasteiger partial charge in [-0.1, -0.05) is 0 Å². The average Bonchev–Trinajstić information content (AvgIpc) is 3.06. The second kappa shape index (κ2) is 6.58. The smallest absolute Gasteiger partial charge is 0.0693 e. The van der Waals surface area contributed by atoms with Crippen LogP contribution in [0, 0.1) is 0 Å². The molecule has 0 aliphatic heterocycles. The third-order valence-corrected chi connectivity index (χ3v) is 3.59. The first kappa shape index (κ1) is 13.9. The molecule has 0 radical (unpaired) electrons. The Bertz CT molecular complexity index is 190. The molecule has 0 aromatic heterocycles. The zero-order valence-corrected chi connectivity index (χ0v) is 11.5. The van der Waals surface area contributed by atoms with E-state index in [1.54, 1.807) is 7.11 Å². The van der Waals surface area contributed by atoms with Gasteiger partial charge < -0.3 is 10.1 Å². The minimum atomic E-state index is 0.286. The van der Waals surface area contributed by atoms with Crippen molar-refractivity contribution in [3.05, 3.63) is 0 Å². The second-order valence-electron chi connectivity index (χ2n) is 5.25. The average molecular weight is 228 g/mol. The number of nitrogens with zero attached hydrogens (tertiary/aromatic N) is 1. The molecular weight excluding hydrogens is 200 g/mol. The minimum absolute atomic E-state index is 0.286. The summed E-state index contributed by atoms with van der Waals surface area (Å²) in [6, 6.07) is 1.96. The maximum absolute atomic E-state index is 5.30. The first-order valence-electron chi connectivity index (χ1n) is 6.58. The lowest BCUT2D eigenvalue weighted by Crippen LogP contribution is -2.43. The van der Waals surface area contributed by atoms with Gasteiger partial charge in [0.1, 0.15) is 0 Å². The molecule has 0 saturated heterocycles. The molecule has 0 heterocycles. The quantitative estimate of drug-likeness (QED) is 0.686. The van der Waals surface area contributed by atoms with E-state index in [4.69, 9.17) is 4.74 Å². The normalized spacial score (nSPS) is 20.4. The van der Waals surface area contributed by atoms with Crippen LogP contribution in [0.5, 0.6) is 0 Å². The van der Waals surface area contributed by atoms with E-state index in [1.807, 2.05) is 0 Å². The first-order valence-corrected chi connectivity index (χ1v) is 6.58. The number of rotatable bonds is 8. The summed E-state index contributed by atoms with van der Waals surface area (Å²) in [6.07, 6.45) is 3.07. The van der Waals surface area contributed by atoms with Crippen molar-refractivity contribution in [3.8, 4) is 0 Å². The molecule has 0 bridgehead atoms. The number of hydrogen-bond donors (Lipinski definition) is 1. The zero-order valence-electron chi connectivity index (χ0n) is 11.5. The van der Waals surface area contributed by atoms with Crippen LogP contribution >= 0.6 is 0 Å². The van der Waals surface area contributed by atoms with Crippen LogP contribution in [-0.4, -0.2) is 49.3 Å². The molecule has 0 spiro atoms. The van der Waals surface area contributed by atoms with Crippen LogP contribution in [0.4, 0.5) is 0 Å². The number of methoxy groups -OCH3 is 1. The topological polar surface area (TPSA) is 24.5 Å². The number of nitrogens with one attached hydrogen (secondary N) is 1. The summed E-state index contributed by atoms with van der Waals surface area (Å²) < 4.78 is 5.30. The Morgan fingerprint density at radius 1 is 1.25 bits per heavy atom. The van der Waals surface area contributed by atoms with E-state index in [2.05, 4.69) is 37.9 Å². The highest BCUT2D eigenvalue weighted by molar-refractivity contribution is 4.86. The van der Waals surface area contributed by atoms with Gasteiger partial charge in [0.15, 0.2) is 0 Å². The maximum atomic E-state index is 5.30. The highest BCUT2D eigenvalue weighted by Gasteiger charge is 2.30. The second-order valence-corrected chi connectivity index (χ2v) is 5.25. The van der Waals surface area contributed by atoms with Crippen LogP contribution in [0.1, 0.15) is 40.5 Å². The van der Waals surface area contributed by atoms with Gasteiger partial charge in [0, 0.05) is 38.3 Å². The third kappa shape index (κ3) is 4.40. The molecule has 2 atom stereocenters. The van der Waals surface area contributed by atoms with E-state index < -0.39 is 0 Å². The standard InChI is InChI=1S/C13H28N2O/c1-10(2)15(13-6-7-13)9-8-14-11(3)12(4)16-5/h10-14H,6-9H2,1-5H3. The van der Waals surface area contributed by atoms with Gasteiger partial charge in [0.05, 0.1) is 6.10 Å². The molecule has 1 aliphatic carbocycles. The summed E-state index contributed by atoms with van der Waals surface area (Å²) in [6.45, 7) is 11.1. The molecule has 0 amide bonds. The molecule has 1 saturated carbocycles. The molecule has 0 aromatic carbocycles. The third-order valence-electron chi connectivity index (χ3n) is 3.59. The summed E-state index contributed by atoms with van der Waals surface area (Å²) in [5, 5.41) is 3.53. The van der Waals surface area contributed by atoms with E-state index in [1.165, 1.54) is 12.8 Å². The minimum Gasteiger partial charge on any atom is -0.380 e. The van der Waals surface area contributed by atoms with Gasteiger partial charge >= 0.3 is 0 Å².